The predicted molar refractivity (Wildman–Crippen MR) is 75.2 cm³/mol. The highest BCUT2D eigenvalue weighted by Crippen LogP contribution is 2.21. The van der Waals surface area contributed by atoms with Crippen LogP contribution in [0.5, 0.6) is 0 Å². The first kappa shape index (κ1) is 14.5. The Kier molecular flexibility index (Phi) is 5.44. The minimum atomic E-state index is 0.202. The molecule has 2 nitrogen and oxygen atoms in total. The molecule has 0 spiro atoms. The van der Waals surface area contributed by atoms with E-state index < -0.39 is 0 Å². The molecule has 0 fully saturated rings. The standard InChI is InChI=1S/C14H23ClN2/c1-4-14(2,10-16)11-17(3)9-12-6-5-7-13(15)8-12/h5-8H,4,9-11,16H2,1-3H3. The minimum absolute atomic E-state index is 0.202. The molecule has 0 bridgehead atoms. The van der Waals surface area contributed by atoms with Crippen molar-refractivity contribution in [1.29, 1.82) is 0 Å². The molecule has 0 radical (unpaired) electrons. The second-order valence-electron chi connectivity index (χ2n) is 5.17. The van der Waals surface area contributed by atoms with Crippen molar-refractivity contribution >= 4 is 11.6 Å². The molecule has 0 aliphatic carbocycles. The molecule has 0 aliphatic heterocycles. The number of nitrogens with zero attached hydrogens (tertiary/aromatic N) is 1. The molecule has 1 aromatic carbocycles. The van der Waals surface area contributed by atoms with Gasteiger partial charge in [0, 0.05) is 18.1 Å². The molecule has 96 valence electrons. The van der Waals surface area contributed by atoms with Crippen molar-refractivity contribution in [3.8, 4) is 0 Å². The molecule has 0 saturated carbocycles. The lowest BCUT2D eigenvalue weighted by molar-refractivity contribution is 0.186. The fourth-order valence-corrected chi connectivity index (χ4v) is 2.19. The second kappa shape index (κ2) is 6.39. The molecule has 1 atom stereocenters. The lowest BCUT2D eigenvalue weighted by Gasteiger charge is -2.31. The summed E-state index contributed by atoms with van der Waals surface area (Å²) >= 11 is 5.98. The average molecular weight is 255 g/mol. The fourth-order valence-electron chi connectivity index (χ4n) is 1.98. The molecule has 0 saturated heterocycles. The van der Waals surface area contributed by atoms with Gasteiger partial charge in [0.25, 0.3) is 0 Å². The zero-order valence-electron chi connectivity index (χ0n) is 11.0. The summed E-state index contributed by atoms with van der Waals surface area (Å²) in [4.78, 5) is 2.31. The highest BCUT2D eigenvalue weighted by Gasteiger charge is 2.21. The number of hydrogen-bond donors (Lipinski definition) is 1. The first-order valence-corrected chi connectivity index (χ1v) is 6.50. The summed E-state index contributed by atoms with van der Waals surface area (Å²) in [6, 6.07) is 8.02. The molecule has 1 rings (SSSR count). The Morgan fingerprint density at radius 3 is 2.65 bits per heavy atom. The Morgan fingerprint density at radius 2 is 2.12 bits per heavy atom. The number of halogens is 1. The number of benzene rings is 1. The van der Waals surface area contributed by atoms with E-state index in [1.165, 1.54) is 5.56 Å². The van der Waals surface area contributed by atoms with E-state index in [-0.39, 0.29) is 5.41 Å². The smallest absolute Gasteiger partial charge is 0.0409 e. The average Bonchev–Trinajstić information content (AvgIpc) is 2.28. The Hall–Kier alpha value is -0.570. The maximum atomic E-state index is 5.98. The molecular formula is C14H23ClN2. The van der Waals surface area contributed by atoms with Gasteiger partial charge in [-0.2, -0.15) is 0 Å². The van der Waals surface area contributed by atoms with Crippen LogP contribution < -0.4 is 5.73 Å². The Balaban J connectivity index is 2.58. The second-order valence-corrected chi connectivity index (χ2v) is 5.61. The van der Waals surface area contributed by atoms with E-state index in [1.807, 2.05) is 18.2 Å². The Labute approximate surface area is 110 Å². The maximum Gasteiger partial charge on any atom is 0.0409 e. The SMILES string of the molecule is CCC(C)(CN)CN(C)Cc1cccc(Cl)c1. The molecule has 0 amide bonds. The van der Waals surface area contributed by atoms with E-state index in [1.54, 1.807) is 0 Å². The van der Waals surface area contributed by atoms with Crippen LogP contribution in [0.25, 0.3) is 0 Å². The van der Waals surface area contributed by atoms with Crippen LogP contribution in [-0.4, -0.2) is 25.0 Å². The highest BCUT2D eigenvalue weighted by atomic mass is 35.5. The first-order chi connectivity index (χ1) is 7.99. The number of rotatable bonds is 6. The third-order valence-corrected chi connectivity index (χ3v) is 3.57. The molecule has 0 aromatic heterocycles. The number of hydrogen-bond acceptors (Lipinski definition) is 2. The minimum Gasteiger partial charge on any atom is -0.330 e. The Bertz CT molecular complexity index is 348. The van der Waals surface area contributed by atoms with Crippen molar-refractivity contribution in [3.05, 3.63) is 34.9 Å². The normalized spacial score (nSPS) is 14.9. The van der Waals surface area contributed by atoms with E-state index in [0.29, 0.717) is 0 Å². The van der Waals surface area contributed by atoms with E-state index in [9.17, 15) is 0 Å². The van der Waals surface area contributed by atoms with Crippen LogP contribution in [0.15, 0.2) is 24.3 Å². The van der Waals surface area contributed by atoms with Gasteiger partial charge < -0.3 is 10.6 Å². The Morgan fingerprint density at radius 1 is 1.41 bits per heavy atom. The van der Waals surface area contributed by atoms with Gasteiger partial charge in [-0.05, 0) is 43.1 Å². The van der Waals surface area contributed by atoms with Gasteiger partial charge >= 0.3 is 0 Å². The molecule has 0 heterocycles. The topological polar surface area (TPSA) is 29.3 Å². The van der Waals surface area contributed by atoms with Gasteiger partial charge in [0.15, 0.2) is 0 Å². The van der Waals surface area contributed by atoms with Crippen LogP contribution in [0.2, 0.25) is 5.02 Å². The van der Waals surface area contributed by atoms with Crippen molar-refractivity contribution in [2.45, 2.75) is 26.8 Å². The lowest BCUT2D eigenvalue weighted by atomic mass is 9.87. The molecule has 2 N–H and O–H groups in total. The maximum absolute atomic E-state index is 5.98. The van der Waals surface area contributed by atoms with Gasteiger partial charge in [-0.1, -0.05) is 37.6 Å². The summed E-state index contributed by atoms with van der Waals surface area (Å²) in [5.41, 5.74) is 7.28. The zero-order valence-corrected chi connectivity index (χ0v) is 11.8. The van der Waals surface area contributed by atoms with Gasteiger partial charge in [0.2, 0.25) is 0 Å². The van der Waals surface area contributed by atoms with Gasteiger partial charge in [0.05, 0.1) is 0 Å². The van der Waals surface area contributed by atoms with Gasteiger partial charge in [-0.15, -0.1) is 0 Å². The quantitative estimate of drug-likeness (QED) is 0.845. The highest BCUT2D eigenvalue weighted by molar-refractivity contribution is 6.30. The van der Waals surface area contributed by atoms with E-state index in [2.05, 4.69) is 31.9 Å². The van der Waals surface area contributed by atoms with Crippen LogP contribution in [0, 0.1) is 5.41 Å². The largest absolute Gasteiger partial charge is 0.330 e. The number of nitrogens with two attached hydrogens (primary N) is 1. The first-order valence-electron chi connectivity index (χ1n) is 6.12. The third-order valence-electron chi connectivity index (χ3n) is 3.34. The summed E-state index contributed by atoms with van der Waals surface area (Å²) in [6.45, 7) is 7.08. The molecule has 1 unspecified atom stereocenters. The monoisotopic (exact) mass is 254 g/mol. The van der Waals surface area contributed by atoms with Gasteiger partial charge in [-0.3, -0.25) is 0 Å². The summed E-state index contributed by atoms with van der Waals surface area (Å²) in [6.07, 6.45) is 1.10. The van der Waals surface area contributed by atoms with Gasteiger partial charge in [-0.25, -0.2) is 0 Å². The van der Waals surface area contributed by atoms with E-state index >= 15 is 0 Å². The lowest BCUT2D eigenvalue weighted by Crippen LogP contribution is -2.38. The van der Waals surface area contributed by atoms with Crippen molar-refractivity contribution in [2.24, 2.45) is 11.1 Å². The summed E-state index contributed by atoms with van der Waals surface area (Å²) in [7, 11) is 2.13. The molecule has 1 aromatic rings. The predicted octanol–water partition coefficient (Wildman–Crippen LogP) is 3.15. The molecular weight excluding hydrogens is 232 g/mol. The molecule has 17 heavy (non-hydrogen) atoms. The van der Waals surface area contributed by atoms with Crippen LogP contribution in [0.1, 0.15) is 25.8 Å². The fraction of sp³-hybridized carbons (Fsp3) is 0.571. The molecule has 0 aliphatic rings. The van der Waals surface area contributed by atoms with Crippen LogP contribution in [0.3, 0.4) is 0 Å². The summed E-state index contributed by atoms with van der Waals surface area (Å²) in [5.74, 6) is 0. The van der Waals surface area contributed by atoms with Gasteiger partial charge in [0.1, 0.15) is 0 Å². The van der Waals surface area contributed by atoms with Crippen LogP contribution >= 0.6 is 11.6 Å². The van der Waals surface area contributed by atoms with Crippen LogP contribution in [-0.2, 0) is 6.54 Å². The molecule has 3 heteroatoms. The summed E-state index contributed by atoms with van der Waals surface area (Å²) in [5, 5.41) is 0.799. The van der Waals surface area contributed by atoms with Crippen molar-refractivity contribution in [2.75, 3.05) is 20.1 Å². The van der Waals surface area contributed by atoms with E-state index in [4.69, 9.17) is 17.3 Å². The van der Waals surface area contributed by atoms with Crippen molar-refractivity contribution < 1.29 is 0 Å². The van der Waals surface area contributed by atoms with Crippen LogP contribution in [0.4, 0.5) is 0 Å². The van der Waals surface area contributed by atoms with Crippen molar-refractivity contribution in [3.63, 3.8) is 0 Å². The zero-order chi connectivity index (χ0) is 12.9. The van der Waals surface area contributed by atoms with Crippen molar-refractivity contribution in [1.82, 2.24) is 4.90 Å². The third kappa shape index (κ3) is 4.66. The summed E-state index contributed by atoms with van der Waals surface area (Å²) < 4.78 is 0. The van der Waals surface area contributed by atoms with E-state index in [0.717, 1.165) is 31.1 Å².